The van der Waals surface area contributed by atoms with Crippen molar-refractivity contribution in [3.05, 3.63) is 64.4 Å². The zero-order valence-electron chi connectivity index (χ0n) is 14.9. The Hall–Kier alpha value is -3.34. The molecule has 0 saturated carbocycles. The molecule has 0 aliphatic heterocycles. The van der Waals surface area contributed by atoms with Gasteiger partial charge in [0.05, 0.1) is 23.5 Å². The van der Waals surface area contributed by atoms with E-state index in [2.05, 4.69) is 15.5 Å². The van der Waals surface area contributed by atoms with E-state index in [0.29, 0.717) is 29.0 Å². The van der Waals surface area contributed by atoms with Gasteiger partial charge in [0, 0.05) is 19.2 Å². The van der Waals surface area contributed by atoms with Gasteiger partial charge in [0.2, 0.25) is 5.91 Å². The van der Waals surface area contributed by atoms with Crippen LogP contribution in [0.15, 0.2) is 52.2 Å². The molecular formula is C17H17N5O5S. The average Bonchev–Trinajstić information content (AvgIpc) is 3.33. The predicted octanol–water partition coefficient (Wildman–Crippen LogP) is 2.30. The van der Waals surface area contributed by atoms with Crippen molar-refractivity contribution in [3.8, 4) is 5.75 Å². The number of thioether (sulfide) groups is 1. The van der Waals surface area contributed by atoms with Crippen LogP contribution in [0.1, 0.15) is 11.6 Å². The SMILES string of the molecule is Cn1c(COc2ccc([N+](=O)[O-])cc2)nnc1SCC(=O)NCc1ccco1. The number of nitro benzene ring substituents is 1. The van der Waals surface area contributed by atoms with Crippen molar-refractivity contribution in [1.82, 2.24) is 20.1 Å². The third-order valence-electron chi connectivity index (χ3n) is 3.71. The Balaban J connectivity index is 1.47. The average molecular weight is 403 g/mol. The summed E-state index contributed by atoms with van der Waals surface area (Å²) in [6, 6.07) is 9.33. The summed E-state index contributed by atoms with van der Waals surface area (Å²) in [6.07, 6.45) is 1.55. The minimum Gasteiger partial charge on any atom is -0.486 e. The molecule has 1 aromatic carbocycles. The Morgan fingerprint density at radius 1 is 1.32 bits per heavy atom. The van der Waals surface area contributed by atoms with Crippen LogP contribution < -0.4 is 10.1 Å². The Kier molecular flexibility index (Phi) is 6.27. The van der Waals surface area contributed by atoms with E-state index in [1.54, 1.807) is 30.0 Å². The second-order valence-corrected chi connectivity index (χ2v) is 6.58. The number of carbonyl (C=O) groups excluding carboxylic acids is 1. The summed E-state index contributed by atoms with van der Waals surface area (Å²) < 4.78 is 12.5. The second-order valence-electron chi connectivity index (χ2n) is 5.64. The van der Waals surface area contributed by atoms with Crippen LogP contribution in [0.2, 0.25) is 0 Å². The van der Waals surface area contributed by atoms with Gasteiger partial charge < -0.3 is 19.0 Å². The Labute approximate surface area is 164 Å². The van der Waals surface area contributed by atoms with Crippen LogP contribution in [0.3, 0.4) is 0 Å². The fourth-order valence-corrected chi connectivity index (χ4v) is 2.95. The lowest BCUT2D eigenvalue weighted by Crippen LogP contribution is -2.24. The third-order valence-corrected chi connectivity index (χ3v) is 4.73. The second kappa shape index (κ2) is 9.04. The Bertz CT molecular complexity index is 940. The maximum absolute atomic E-state index is 11.9. The molecule has 11 heteroatoms. The molecular weight excluding hydrogens is 386 g/mol. The van der Waals surface area contributed by atoms with E-state index in [4.69, 9.17) is 9.15 Å². The van der Waals surface area contributed by atoms with Crippen LogP contribution in [0.25, 0.3) is 0 Å². The molecule has 0 aliphatic carbocycles. The molecule has 0 saturated heterocycles. The first-order valence-corrected chi connectivity index (χ1v) is 9.19. The number of nitrogens with zero attached hydrogens (tertiary/aromatic N) is 4. The molecule has 0 bridgehead atoms. The van der Waals surface area contributed by atoms with Crippen LogP contribution in [0.5, 0.6) is 5.75 Å². The van der Waals surface area contributed by atoms with Crippen molar-refractivity contribution < 1.29 is 18.9 Å². The minimum absolute atomic E-state index is 0.00461. The Morgan fingerprint density at radius 2 is 2.11 bits per heavy atom. The summed E-state index contributed by atoms with van der Waals surface area (Å²) in [5.41, 5.74) is -0.00461. The van der Waals surface area contributed by atoms with Gasteiger partial charge in [-0.3, -0.25) is 14.9 Å². The predicted molar refractivity (Wildman–Crippen MR) is 99.7 cm³/mol. The molecule has 0 spiro atoms. The fraction of sp³-hybridized carbons (Fsp3) is 0.235. The van der Waals surface area contributed by atoms with Gasteiger partial charge in [0.1, 0.15) is 18.1 Å². The quantitative estimate of drug-likeness (QED) is 0.328. The normalized spacial score (nSPS) is 10.6. The molecule has 3 aromatic rings. The monoisotopic (exact) mass is 403 g/mol. The first-order chi connectivity index (χ1) is 13.5. The molecule has 3 rings (SSSR count). The van der Waals surface area contributed by atoms with Crippen LogP contribution in [0, 0.1) is 10.1 Å². The van der Waals surface area contributed by atoms with Gasteiger partial charge in [0.25, 0.3) is 5.69 Å². The summed E-state index contributed by atoms with van der Waals surface area (Å²) in [6.45, 7) is 0.478. The van der Waals surface area contributed by atoms with Crippen molar-refractivity contribution >= 4 is 23.4 Å². The standard InChI is InChI=1S/C17H17N5O5S/c1-21-15(10-27-13-6-4-12(5-7-13)22(24)25)19-20-17(21)28-11-16(23)18-9-14-3-2-8-26-14/h2-8H,9-11H2,1H3,(H,18,23). The number of hydrogen-bond acceptors (Lipinski definition) is 8. The molecule has 146 valence electrons. The molecule has 2 heterocycles. The van der Waals surface area contributed by atoms with Gasteiger partial charge in [-0.25, -0.2) is 0 Å². The van der Waals surface area contributed by atoms with E-state index in [1.807, 2.05) is 0 Å². The van der Waals surface area contributed by atoms with E-state index in [0.717, 1.165) is 0 Å². The molecule has 10 nitrogen and oxygen atoms in total. The molecule has 28 heavy (non-hydrogen) atoms. The number of aromatic nitrogens is 3. The summed E-state index contributed by atoms with van der Waals surface area (Å²) in [5.74, 6) is 1.78. The number of ether oxygens (including phenoxy) is 1. The molecule has 1 amide bonds. The van der Waals surface area contributed by atoms with E-state index < -0.39 is 4.92 Å². The third kappa shape index (κ3) is 5.10. The van der Waals surface area contributed by atoms with E-state index >= 15 is 0 Å². The summed E-state index contributed by atoms with van der Waals surface area (Å²) >= 11 is 1.26. The number of furan rings is 1. The molecule has 0 fully saturated rings. The van der Waals surface area contributed by atoms with Crippen LogP contribution >= 0.6 is 11.8 Å². The van der Waals surface area contributed by atoms with Gasteiger partial charge in [-0.05, 0) is 24.3 Å². The van der Waals surface area contributed by atoms with Gasteiger partial charge in [0.15, 0.2) is 11.0 Å². The molecule has 2 aromatic heterocycles. The fourth-order valence-electron chi connectivity index (χ4n) is 2.19. The number of benzene rings is 1. The zero-order chi connectivity index (χ0) is 19.9. The lowest BCUT2D eigenvalue weighted by Gasteiger charge is -2.06. The number of carbonyl (C=O) groups is 1. The van der Waals surface area contributed by atoms with Crippen molar-refractivity contribution in [1.29, 1.82) is 0 Å². The highest BCUT2D eigenvalue weighted by molar-refractivity contribution is 7.99. The van der Waals surface area contributed by atoms with Crippen LogP contribution in [0.4, 0.5) is 5.69 Å². The molecule has 0 radical (unpaired) electrons. The number of non-ortho nitro benzene ring substituents is 1. The first kappa shape index (κ1) is 19.4. The smallest absolute Gasteiger partial charge is 0.269 e. The van der Waals surface area contributed by atoms with Crippen molar-refractivity contribution in [2.45, 2.75) is 18.3 Å². The van der Waals surface area contributed by atoms with Gasteiger partial charge in [-0.1, -0.05) is 11.8 Å². The number of amides is 1. The maximum Gasteiger partial charge on any atom is 0.269 e. The topological polar surface area (TPSA) is 125 Å². The first-order valence-electron chi connectivity index (χ1n) is 8.20. The minimum atomic E-state index is -0.472. The van der Waals surface area contributed by atoms with Crippen molar-refractivity contribution in [3.63, 3.8) is 0 Å². The highest BCUT2D eigenvalue weighted by Crippen LogP contribution is 2.19. The molecule has 0 atom stereocenters. The number of rotatable bonds is 9. The molecule has 1 N–H and O–H groups in total. The largest absolute Gasteiger partial charge is 0.486 e. The van der Waals surface area contributed by atoms with Gasteiger partial charge in [-0.2, -0.15) is 0 Å². The van der Waals surface area contributed by atoms with Gasteiger partial charge >= 0.3 is 0 Å². The zero-order valence-corrected chi connectivity index (χ0v) is 15.7. The van der Waals surface area contributed by atoms with Crippen molar-refractivity contribution in [2.24, 2.45) is 7.05 Å². The number of hydrogen-bond donors (Lipinski definition) is 1. The molecule has 0 aliphatic rings. The lowest BCUT2D eigenvalue weighted by molar-refractivity contribution is -0.384. The lowest BCUT2D eigenvalue weighted by atomic mass is 10.3. The van der Waals surface area contributed by atoms with Crippen LogP contribution in [-0.4, -0.2) is 31.3 Å². The summed E-state index contributed by atoms with van der Waals surface area (Å²) in [7, 11) is 1.78. The number of nitro groups is 1. The maximum atomic E-state index is 11.9. The van der Waals surface area contributed by atoms with Crippen molar-refractivity contribution in [2.75, 3.05) is 5.75 Å². The summed E-state index contributed by atoms with van der Waals surface area (Å²) in [5, 5.41) is 22.1. The van der Waals surface area contributed by atoms with Crippen LogP contribution in [-0.2, 0) is 25.0 Å². The summed E-state index contributed by atoms with van der Waals surface area (Å²) in [4.78, 5) is 22.1. The van der Waals surface area contributed by atoms with E-state index in [1.165, 1.54) is 36.0 Å². The molecule has 0 unspecified atom stereocenters. The van der Waals surface area contributed by atoms with Gasteiger partial charge in [-0.15, -0.1) is 10.2 Å². The highest BCUT2D eigenvalue weighted by Gasteiger charge is 2.13. The Morgan fingerprint density at radius 3 is 2.79 bits per heavy atom. The highest BCUT2D eigenvalue weighted by atomic mass is 32.2. The number of nitrogens with one attached hydrogen (secondary N) is 1. The van der Waals surface area contributed by atoms with E-state index in [-0.39, 0.29) is 24.0 Å². The van der Waals surface area contributed by atoms with E-state index in [9.17, 15) is 14.9 Å².